The zero-order chi connectivity index (χ0) is 20.3. The van der Waals surface area contributed by atoms with Crippen molar-refractivity contribution in [1.29, 1.82) is 0 Å². The Balaban J connectivity index is 1.64. The van der Waals surface area contributed by atoms with Crippen molar-refractivity contribution in [3.63, 3.8) is 0 Å². The molecule has 1 fully saturated rings. The first-order chi connectivity index (χ1) is 13.2. The minimum Gasteiger partial charge on any atom is -0.273 e. The molecule has 0 bridgehead atoms. The van der Waals surface area contributed by atoms with Crippen LogP contribution in [0.5, 0.6) is 0 Å². The molecule has 0 heterocycles. The van der Waals surface area contributed by atoms with Gasteiger partial charge in [-0.05, 0) is 64.7 Å². The Labute approximate surface area is 169 Å². The fourth-order valence-corrected chi connectivity index (χ4v) is 4.12. The number of rotatable bonds is 6. The van der Waals surface area contributed by atoms with E-state index in [4.69, 9.17) is 0 Å². The van der Waals surface area contributed by atoms with Gasteiger partial charge in [-0.1, -0.05) is 12.1 Å². The van der Waals surface area contributed by atoms with Gasteiger partial charge in [-0.2, -0.15) is 0 Å². The lowest BCUT2D eigenvalue weighted by Gasteiger charge is -2.11. The number of amides is 2. The van der Waals surface area contributed by atoms with Crippen molar-refractivity contribution < 1.29 is 22.4 Å². The van der Waals surface area contributed by atoms with Gasteiger partial charge in [0.05, 0.1) is 16.9 Å². The number of nitrogens with one attached hydrogen (secondary N) is 3. The summed E-state index contributed by atoms with van der Waals surface area (Å²) in [6.07, 6.45) is 1.54. The van der Waals surface area contributed by atoms with E-state index in [1.165, 1.54) is 42.5 Å². The third-order valence-corrected chi connectivity index (χ3v) is 6.19. The smallest absolute Gasteiger partial charge is 0.270 e. The number of hydrogen-bond donors (Lipinski definition) is 3. The zero-order valence-electron chi connectivity index (χ0n) is 14.5. The number of hydrogen-bond acceptors (Lipinski definition) is 4. The van der Waals surface area contributed by atoms with E-state index in [0.29, 0.717) is 10.0 Å². The highest BCUT2D eigenvalue weighted by atomic mass is 79.9. The molecular formula is C18H17BrFN3O4S. The molecule has 2 aromatic rings. The lowest BCUT2D eigenvalue weighted by Crippen LogP contribution is -2.42. The van der Waals surface area contributed by atoms with Crippen LogP contribution in [-0.2, 0) is 21.2 Å². The normalized spacial score (nSPS) is 13.8. The highest BCUT2D eigenvalue weighted by molar-refractivity contribution is 9.10. The summed E-state index contributed by atoms with van der Waals surface area (Å²) >= 11 is 3.20. The molecule has 1 aliphatic rings. The molecule has 1 aliphatic carbocycles. The SMILES string of the molecule is O=C(Cc1ccc(F)cc1)NNC(=O)c1cc(S(=O)(=O)NC2CC2)ccc1Br. The average molecular weight is 470 g/mol. The first kappa shape index (κ1) is 20.4. The van der Waals surface area contributed by atoms with Crippen LogP contribution in [0.1, 0.15) is 28.8 Å². The largest absolute Gasteiger partial charge is 0.273 e. The van der Waals surface area contributed by atoms with Gasteiger partial charge in [-0.25, -0.2) is 17.5 Å². The number of carbonyl (C=O) groups excluding carboxylic acids is 2. The monoisotopic (exact) mass is 469 g/mol. The van der Waals surface area contributed by atoms with Crippen LogP contribution in [0, 0.1) is 5.82 Å². The van der Waals surface area contributed by atoms with E-state index in [-0.39, 0.29) is 22.9 Å². The summed E-state index contributed by atoms with van der Waals surface area (Å²) in [5.74, 6) is -1.59. The Morgan fingerprint density at radius 2 is 1.75 bits per heavy atom. The van der Waals surface area contributed by atoms with E-state index in [0.717, 1.165) is 12.8 Å². The lowest BCUT2D eigenvalue weighted by atomic mass is 10.1. The fraction of sp³-hybridized carbons (Fsp3) is 0.222. The molecule has 0 aliphatic heterocycles. The maximum Gasteiger partial charge on any atom is 0.270 e. The molecule has 0 spiro atoms. The molecule has 7 nitrogen and oxygen atoms in total. The second kappa shape index (κ2) is 8.38. The van der Waals surface area contributed by atoms with E-state index >= 15 is 0 Å². The van der Waals surface area contributed by atoms with Crippen LogP contribution >= 0.6 is 15.9 Å². The molecule has 148 valence electrons. The Morgan fingerprint density at radius 3 is 2.39 bits per heavy atom. The van der Waals surface area contributed by atoms with E-state index in [2.05, 4.69) is 31.5 Å². The summed E-state index contributed by atoms with van der Waals surface area (Å²) in [6.45, 7) is 0. The maximum atomic E-state index is 12.9. The van der Waals surface area contributed by atoms with Crippen molar-refractivity contribution in [2.45, 2.75) is 30.2 Å². The third-order valence-electron chi connectivity index (χ3n) is 3.99. The number of carbonyl (C=O) groups is 2. The molecule has 10 heteroatoms. The van der Waals surface area contributed by atoms with Crippen LogP contribution in [0.25, 0.3) is 0 Å². The molecule has 0 saturated heterocycles. The van der Waals surface area contributed by atoms with Crippen molar-refractivity contribution in [3.05, 3.63) is 63.9 Å². The first-order valence-electron chi connectivity index (χ1n) is 8.40. The Morgan fingerprint density at radius 1 is 1.07 bits per heavy atom. The molecule has 3 rings (SSSR count). The molecule has 0 radical (unpaired) electrons. The highest BCUT2D eigenvalue weighted by Crippen LogP contribution is 2.25. The van der Waals surface area contributed by atoms with E-state index in [9.17, 15) is 22.4 Å². The predicted octanol–water partition coefficient (Wildman–Crippen LogP) is 2.03. The Kier molecular flexibility index (Phi) is 6.11. The molecule has 0 aromatic heterocycles. The molecule has 2 aromatic carbocycles. The van der Waals surface area contributed by atoms with Gasteiger partial charge in [0.1, 0.15) is 5.82 Å². The predicted molar refractivity (Wildman–Crippen MR) is 103 cm³/mol. The van der Waals surface area contributed by atoms with Crippen molar-refractivity contribution in [2.24, 2.45) is 0 Å². The van der Waals surface area contributed by atoms with Crippen molar-refractivity contribution in [2.75, 3.05) is 0 Å². The van der Waals surface area contributed by atoms with Gasteiger partial charge in [-0.3, -0.25) is 20.4 Å². The van der Waals surface area contributed by atoms with Crippen molar-refractivity contribution >= 4 is 37.8 Å². The van der Waals surface area contributed by atoms with Crippen LogP contribution in [-0.4, -0.2) is 26.3 Å². The number of halogens is 2. The number of benzene rings is 2. The molecule has 0 atom stereocenters. The maximum absolute atomic E-state index is 12.9. The number of hydrazine groups is 1. The summed E-state index contributed by atoms with van der Waals surface area (Å²) in [5, 5.41) is 0. The van der Waals surface area contributed by atoms with Gasteiger partial charge in [0.2, 0.25) is 15.9 Å². The van der Waals surface area contributed by atoms with Gasteiger partial charge < -0.3 is 0 Å². The lowest BCUT2D eigenvalue weighted by molar-refractivity contribution is -0.121. The van der Waals surface area contributed by atoms with Crippen LogP contribution in [0.3, 0.4) is 0 Å². The summed E-state index contributed by atoms with van der Waals surface area (Å²) in [7, 11) is -3.71. The van der Waals surface area contributed by atoms with E-state index in [1.54, 1.807) is 0 Å². The number of sulfonamides is 1. The zero-order valence-corrected chi connectivity index (χ0v) is 16.9. The minimum absolute atomic E-state index is 0.0367. The van der Waals surface area contributed by atoms with Gasteiger partial charge in [0, 0.05) is 10.5 Å². The van der Waals surface area contributed by atoms with Crippen molar-refractivity contribution in [3.8, 4) is 0 Å². The van der Waals surface area contributed by atoms with Gasteiger partial charge >= 0.3 is 0 Å². The van der Waals surface area contributed by atoms with Crippen molar-refractivity contribution in [1.82, 2.24) is 15.6 Å². The minimum atomic E-state index is -3.71. The van der Waals surface area contributed by atoms with Crippen LogP contribution < -0.4 is 15.6 Å². The molecular weight excluding hydrogens is 453 g/mol. The highest BCUT2D eigenvalue weighted by Gasteiger charge is 2.28. The third kappa shape index (κ3) is 5.37. The van der Waals surface area contributed by atoms with Crippen LogP contribution in [0.15, 0.2) is 51.8 Å². The van der Waals surface area contributed by atoms with Crippen LogP contribution in [0.4, 0.5) is 4.39 Å². The Bertz CT molecular complexity index is 1010. The Hall–Kier alpha value is -2.30. The second-order valence-electron chi connectivity index (χ2n) is 6.34. The summed E-state index contributed by atoms with van der Waals surface area (Å²) in [5.41, 5.74) is 5.13. The molecule has 0 unspecified atom stereocenters. The van der Waals surface area contributed by atoms with Gasteiger partial charge in [-0.15, -0.1) is 0 Å². The standard InChI is InChI=1S/C18H17BrFN3O4S/c19-16-8-7-14(28(26,27)23-13-5-6-13)10-15(16)18(25)22-21-17(24)9-11-1-3-12(20)4-2-11/h1-4,7-8,10,13,23H,5-6,9H2,(H,21,24)(H,22,25). The van der Waals surface area contributed by atoms with Gasteiger partial charge in [0.15, 0.2) is 0 Å². The molecule has 1 saturated carbocycles. The summed E-state index contributed by atoms with van der Waals surface area (Å²) < 4.78 is 40.4. The van der Waals surface area contributed by atoms with Crippen LogP contribution in [0.2, 0.25) is 0 Å². The molecule has 2 amide bonds. The van der Waals surface area contributed by atoms with Gasteiger partial charge in [0.25, 0.3) is 5.91 Å². The summed E-state index contributed by atoms with van der Waals surface area (Å²) in [4.78, 5) is 24.3. The molecule has 3 N–H and O–H groups in total. The topological polar surface area (TPSA) is 104 Å². The molecule has 28 heavy (non-hydrogen) atoms. The fourth-order valence-electron chi connectivity index (χ4n) is 2.36. The second-order valence-corrected chi connectivity index (χ2v) is 8.91. The van der Waals surface area contributed by atoms with E-state index in [1.807, 2.05) is 0 Å². The summed E-state index contributed by atoms with van der Waals surface area (Å²) in [6, 6.07) is 9.42. The first-order valence-corrected chi connectivity index (χ1v) is 10.7. The quantitative estimate of drug-likeness (QED) is 0.562. The average Bonchev–Trinajstić information content (AvgIpc) is 3.45. The van der Waals surface area contributed by atoms with E-state index < -0.39 is 27.7 Å².